The molecule has 0 aliphatic carbocycles. The first-order valence-corrected chi connectivity index (χ1v) is 6.62. The number of non-ortho nitro benzene ring substituents is 1. The zero-order valence-corrected chi connectivity index (χ0v) is 11.2. The molecule has 2 aromatic rings. The normalized spacial score (nSPS) is 18.0. The average molecular weight is 290 g/mol. The molecule has 21 heavy (non-hydrogen) atoms. The van der Waals surface area contributed by atoms with Gasteiger partial charge in [-0.25, -0.2) is 0 Å². The summed E-state index contributed by atoms with van der Waals surface area (Å²) < 4.78 is 10.7. The van der Waals surface area contributed by atoms with Crippen LogP contribution in [0.25, 0.3) is 11.5 Å². The maximum absolute atomic E-state index is 10.7. The summed E-state index contributed by atoms with van der Waals surface area (Å²) in [6.07, 6.45) is 2.76. The fraction of sp³-hybridized carbons (Fsp3) is 0.385. The van der Waals surface area contributed by atoms with Crippen LogP contribution in [0.5, 0.6) is 0 Å². The number of ether oxygens (including phenoxy) is 1. The Morgan fingerprint density at radius 2 is 2.33 bits per heavy atom. The second-order valence-corrected chi connectivity index (χ2v) is 4.88. The van der Waals surface area contributed by atoms with Gasteiger partial charge in [0.1, 0.15) is 0 Å². The van der Waals surface area contributed by atoms with E-state index in [2.05, 4.69) is 10.1 Å². The smallest absolute Gasteiger partial charge is 0.271 e. The molecule has 8 nitrogen and oxygen atoms in total. The van der Waals surface area contributed by atoms with Crippen molar-refractivity contribution in [1.82, 2.24) is 10.1 Å². The number of hydrogen-bond donors (Lipinski definition) is 1. The molecule has 0 amide bonds. The van der Waals surface area contributed by atoms with Crippen LogP contribution < -0.4 is 5.73 Å². The third-order valence-corrected chi connectivity index (χ3v) is 3.38. The lowest BCUT2D eigenvalue weighted by molar-refractivity contribution is -0.384. The molecule has 0 spiro atoms. The molecule has 2 heterocycles. The van der Waals surface area contributed by atoms with Crippen LogP contribution in [0, 0.1) is 10.1 Å². The van der Waals surface area contributed by atoms with E-state index < -0.39 is 4.92 Å². The fourth-order valence-corrected chi connectivity index (χ4v) is 2.31. The van der Waals surface area contributed by atoms with Gasteiger partial charge in [0.2, 0.25) is 0 Å². The monoisotopic (exact) mass is 290 g/mol. The topological polar surface area (TPSA) is 117 Å². The molecule has 110 valence electrons. The summed E-state index contributed by atoms with van der Waals surface area (Å²) in [6, 6.07) is 4.14. The minimum atomic E-state index is -0.503. The van der Waals surface area contributed by atoms with Crippen molar-refractivity contribution >= 4 is 11.4 Å². The number of nitro groups is 1. The van der Waals surface area contributed by atoms with E-state index in [1.807, 2.05) is 0 Å². The largest absolute Gasteiger partial charge is 0.398 e. The van der Waals surface area contributed by atoms with Gasteiger partial charge in [0.15, 0.2) is 5.82 Å². The van der Waals surface area contributed by atoms with Gasteiger partial charge in [-0.15, -0.1) is 0 Å². The Balaban J connectivity index is 1.80. The van der Waals surface area contributed by atoms with E-state index in [4.69, 9.17) is 15.0 Å². The van der Waals surface area contributed by atoms with Crippen molar-refractivity contribution in [2.75, 3.05) is 12.3 Å². The first-order chi connectivity index (χ1) is 10.1. The predicted octanol–water partition coefficient (Wildman–Crippen LogP) is 1.95. The highest BCUT2D eigenvalue weighted by Gasteiger charge is 2.20. The fourth-order valence-electron chi connectivity index (χ4n) is 2.31. The summed E-state index contributed by atoms with van der Waals surface area (Å²) in [6.45, 7) is 0.769. The molecular formula is C13H14N4O4. The lowest BCUT2D eigenvalue weighted by atomic mass is 10.1. The summed E-state index contributed by atoms with van der Waals surface area (Å²) in [5.74, 6) is 0.810. The van der Waals surface area contributed by atoms with Gasteiger partial charge in [-0.05, 0) is 18.9 Å². The van der Waals surface area contributed by atoms with Crippen molar-refractivity contribution in [2.24, 2.45) is 0 Å². The van der Waals surface area contributed by atoms with E-state index in [1.54, 1.807) is 0 Å². The van der Waals surface area contributed by atoms with Crippen LogP contribution in [0.2, 0.25) is 0 Å². The number of benzene rings is 1. The standard InChI is InChI=1S/C13H14N4O4/c14-11-6-8(17(18)19)3-4-10(11)13-15-12(16-21-13)7-9-2-1-5-20-9/h3-4,6,9H,1-2,5,7,14H2. The Morgan fingerprint density at radius 3 is 3.00 bits per heavy atom. The number of nitro benzene ring substituents is 1. The molecule has 3 rings (SSSR count). The third kappa shape index (κ3) is 2.84. The lowest BCUT2D eigenvalue weighted by Crippen LogP contribution is -2.09. The van der Waals surface area contributed by atoms with Gasteiger partial charge in [0.25, 0.3) is 11.6 Å². The summed E-state index contributed by atoms with van der Waals surface area (Å²) in [7, 11) is 0. The number of nitrogens with two attached hydrogens (primary N) is 1. The number of hydrogen-bond acceptors (Lipinski definition) is 7. The van der Waals surface area contributed by atoms with Gasteiger partial charge in [-0.2, -0.15) is 4.98 Å². The van der Waals surface area contributed by atoms with Crippen LogP contribution in [0.15, 0.2) is 22.7 Å². The number of nitrogen functional groups attached to an aromatic ring is 1. The lowest BCUT2D eigenvalue weighted by Gasteiger charge is -2.04. The van der Waals surface area contributed by atoms with E-state index in [1.165, 1.54) is 18.2 Å². The molecule has 1 aliphatic heterocycles. The van der Waals surface area contributed by atoms with E-state index >= 15 is 0 Å². The number of nitrogens with zero attached hydrogens (tertiary/aromatic N) is 3. The second kappa shape index (κ2) is 5.49. The van der Waals surface area contributed by atoms with E-state index in [-0.39, 0.29) is 23.4 Å². The summed E-state index contributed by atoms with van der Waals surface area (Å²) in [5.41, 5.74) is 6.46. The molecule has 0 bridgehead atoms. The van der Waals surface area contributed by atoms with Crippen LogP contribution in [0.4, 0.5) is 11.4 Å². The van der Waals surface area contributed by atoms with Crippen LogP contribution >= 0.6 is 0 Å². The molecule has 1 aromatic heterocycles. The molecule has 1 aromatic carbocycles. The van der Waals surface area contributed by atoms with Gasteiger partial charge >= 0.3 is 0 Å². The van der Waals surface area contributed by atoms with Crippen LogP contribution in [-0.2, 0) is 11.2 Å². The molecule has 0 radical (unpaired) electrons. The zero-order chi connectivity index (χ0) is 14.8. The Kier molecular flexibility index (Phi) is 3.53. The van der Waals surface area contributed by atoms with Crippen molar-refractivity contribution in [1.29, 1.82) is 0 Å². The quantitative estimate of drug-likeness (QED) is 0.519. The van der Waals surface area contributed by atoms with Crippen molar-refractivity contribution in [2.45, 2.75) is 25.4 Å². The Morgan fingerprint density at radius 1 is 1.48 bits per heavy atom. The minimum Gasteiger partial charge on any atom is -0.398 e. The Labute approximate surface area is 120 Å². The molecule has 8 heteroatoms. The van der Waals surface area contributed by atoms with Crippen molar-refractivity contribution in [3.05, 3.63) is 34.1 Å². The van der Waals surface area contributed by atoms with Crippen LogP contribution in [0.1, 0.15) is 18.7 Å². The van der Waals surface area contributed by atoms with Crippen molar-refractivity contribution in [3.8, 4) is 11.5 Å². The van der Waals surface area contributed by atoms with Crippen molar-refractivity contribution in [3.63, 3.8) is 0 Å². The number of rotatable bonds is 4. The molecule has 1 saturated heterocycles. The summed E-state index contributed by atoms with van der Waals surface area (Å²) >= 11 is 0. The highest BCUT2D eigenvalue weighted by molar-refractivity contribution is 5.72. The van der Waals surface area contributed by atoms with Crippen LogP contribution in [0.3, 0.4) is 0 Å². The molecule has 1 unspecified atom stereocenters. The zero-order valence-electron chi connectivity index (χ0n) is 11.2. The van der Waals surface area contributed by atoms with E-state index in [0.29, 0.717) is 17.8 Å². The predicted molar refractivity (Wildman–Crippen MR) is 73.5 cm³/mol. The maximum atomic E-state index is 10.7. The first-order valence-electron chi connectivity index (χ1n) is 6.62. The van der Waals surface area contributed by atoms with Gasteiger partial charge in [-0.1, -0.05) is 5.16 Å². The minimum absolute atomic E-state index is 0.0738. The summed E-state index contributed by atoms with van der Waals surface area (Å²) in [5, 5.41) is 14.6. The van der Waals surface area contributed by atoms with Crippen LogP contribution in [-0.4, -0.2) is 27.8 Å². The van der Waals surface area contributed by atoms with E-state index in [0.717, 1.165) is 19.4 Å². The van der Waals surface area contributed by atoms with Gasteiger partial charge in [0, 0.05) is 25.2 Å². The van der Waals surface area contributed by atoms with Gasteiger partial charge < -0.3 is 15.0 Å². The molecule has 1 aliphatic rings. The average Bonchev–Trinajstić information content (AvgIpc) is 3.11. The second-order valence-electron chi connectivity index (χ2n) is 4.88. The highest BCUT2D eigenvalue weighted by Crippen LogP contribution is 2.28. The highest BCUT2D eigenvalue weighted by atomic mass is 16.6. The molecule has 2 N–H and O–H groups in total. The maximum Gasteiger partial charge on any atom is 0.271 e. The first kappa shape index (κ1) is 13.5. The van der Waals surface area contributed by atoms with Crippen molar-refractivity contribution < 1.29 is 14.2 Å². The molecular weight excluding hydrogens is 276 g/mol. The van der Waals surface area contributed by atoms with Gasteiger partial charge in [0.05, 0.1) is 22.3 Å². The third-order valence-electron chi connectivity index (χ3n) is 3.38. The molecule has 1 fully saturated rings. The summed E-state index contributed by atoms with van der Waals surface area (Å²) in [4.78, 5) is 14.5. The number of anilines is 1. The Bertz CT molecular complexity index is 664. The molecule has 0 saturated carbocycles. The van der Waals surface area contributed by atoms with E-state index in [9.17, 15) is 10.1 Å². The Hall–Kier alpha value is -2.48. The SMILES string of the molecule is Nc1cc([N+](=O)[O-])ccc1-c1nc(CC2CCCO2)no1. The molecule has 1 atom stereocenters. The van der Waals surface area contributed by atoms with Gasteiger partial charge in [-0.3, -0.25) is 10.1 Å². The number of aromatic nitrogens is 2.